The molecule has 0 fully saturated rings. The van der Waals surface area contributed by atoms with Crippen molar-refractivity contribution in [3.63, 3.8) is 0 Å². The molecule has 144 valence electrons. The molecule has 0 N–H and O–H groups in total. The molecule has 28 heavy (non-hydrogen) atoms. The number of aromatic nitrogens is 2. The Morgan fingerprint density at radius 1 is 1.00 bits per heavy atom. The highest BCUT2D eigenvalue weighted by atomic mass is 79.9. The summed E-state index contributed by atoms with van der Waals surface area (Å²) in [6.45, 7) is 0. The number of carbonyl (C=O) groups excluding carboxylic acids is 2. The van der Waals surface area contributed by atoms with Gasteiger partial charge in [-0.25, -0.2) is 14.3 Å². The van der Waals surface area contributed by atoms with Crippen LogP contribution in [0.3, 0.4) is 0 Å². The largest absolute Gasteiger partial charge is 0.465 e. The summed E-state index contributed by atoms with van der Waals surface area (Å²) >= 11 is 15.9. The number of hydrogen-bond acceptors (Lipinski definition) is 5. The smallest absolute Gasteiger partial charge is 0.357 e. The maximum Gasteiger partial charge on any atom is 0.357 e. The molecular weight excluding hydrogens is 471 g/mol. The number of hydrogen-bond donors (Lipinski definition) is 0. The summed E-state index contributed by atoms with van der Waals surface area (Å²) in [5, 5.41) is 5.13. The second-order valence-electron chi connectivity index (χ2n) is 5.55. The number of esters is 2. The van der Waals surface area contributed by atoms with Crippen LogP contribution >= 0.6 is 39.1 Å². The molecule has 0 saturated carbocycles. The normalized spacial score (nSPS) is 10.6. The Morgan fingerprint density at radius 2 is 1.64 bits per heavy atom. The molecule has 3 rings (SSSR count). The van der Waals surface area contributed by atoms with Crippen LogP contribution in [0.5, 0.6) is 0 Å². The minimum Gasteiger partial charge on any atom is -0.465 e. The van der Waals surface area contributed by atoms with Crippen molar-refractivity contribution in [2.45, 2.75) is 0 Å². The maximum absolute atomic E-state index is 12.6. The van der Waals surface area contributed by atoms with Crippen LogP contribution in [0.2, 0.25) is 10.0 Å². The summed E-state index contributed by atoms with van der Waals surface area (Å²) < 4.78 is 11.7. The number of para-hydroxylation sites is 1. The molecule has 0 aliphatic carbocycles. The molecular formula is C19H13BrCl2N2O4. The van der Waals surface area contributed by atoms with Crippen LogP contribution < -0.4 is 0 Å². The molecule has 1 aromatic heterocycles. The van der Waals surface area contributed by atoms with E-state index in [0.29, 0.717) is 20.7 Å². The van der Waals surface area contributed by atoms with Crippen LogP contribution in [0.25, 0.3) is 16.9 Å². The molecule has 6 nitrogen and oxygen atoms in total. The molecule has 0 unspecified atom stereocenters. The molecule has 0 radical (unpaired) electrons. The zero-order valence-electron chi connectivity index (χ0n) is 14.7. The predicted octanol–water partition coefficient (Wildman–Crippen LogP) is 5.18. The molecule has 9 heteroatoms. The van der Waals surface area contributed by atoms with Gasteiger partial charge in [-0.05, 0) is 40.2 Å². The molecule has 0 amide bonds. The molecule has 0 aliphatic rings. The average molecular weight is 484 g/mol. The maximum atomic E-state index is 12.6. The van der Waals surface area contributed by atoms with E-state index in [-0.39, 0.29) is 22.0 Å². The standard InChI is InChI=1S/C19H13BrCl2N2O4/c1-27-18(25)15-16(11-8-14(22)12(20)9-13(11)21)23-24(17(15)19(26)28-2)10-6-4-3-5-7-10/h3-9H,1-2H3. The Balaban J connectivity index is 2.40. The first-order valence-electron chi connectivity index (χ1n) is 7.89. The third kappa shape index (κ3) is 3.65. The van der Waals surface area contributed by atoms with Gasteiger partial charge in [0, 0.05) is 10.0 Å². The second-order valence-corrected chi connectivity index (χ2v) is 7.22. The number of benzene rings is 2. The van der Waals surface area contributed by atoms with Crippen molar-refractivity contribution in [2.24, 2.45) is 0 Å². The highest BCUT2D eigenvalue weighted by Gasteiger charge is 2.32. The van der Waals surface area contributed by atoms with Gasteiger partial charge in [-0.1, -0.05) is 41.4 Å². The molecule has 1 heterocycles. The minimum atomic E-state index is -0.757. The summed E-state index contributed by atoms with van der Waals surface area (Å²) in [5.74, 6) is -1.50. The lowest BCUT2D eigenvalue weighted by atomic mass is 10.1. The van der Waals surface area contributed by atoms with Gasteiger partial charge in [0.1, 0.15) is 11.3 Å². The van der Waals surface area contributed by atoms with E-state index in [0.717, 1.165) is 0 Å². The molecule has 0 spiro atoms. The lowest BCUT2D eigenvalue weighted by molar-refractivity contribution is 0.0549. The number of rotatable bonds is 4. The quantitative estimate of drug-likeness (QED) is 0.377. The summed E-state index contributed by atoms with van der Waals surface area (Å²) in [5.41, 5.74) is 0.924. The van der Waals surface area contributed by atoms with E-state index in [1.165, 1.54) is 18.9 Å². The van der Waals surface area contributed by atoms with Crippen molar-refractivity contribution in [3.05, 3.63) is 68.2 Å². The predicted molar refractivity (Wildman–Crippen MR) is 109 cm³/mol. The van der Waals surface area contributed by atoms with Gasteiger partial charge in [0.15, 0.2) is 5.69 Å². The van der Waals surface area contributed by atoms with Gasteiger partial charge < -0.3 is 9.47 Å². The van der Waals surface area contributed by atoms with Crippen LogP contribution in [0.15, 0.2) is 46.9 Å². The lowest BCUT2D eigenvalue weighted by Gasteiger charge is -2.07. The number of halogens is 3. The Bertz CT molecular complexity index is 1070. The zero-order valence-corrected chi connectivity index (χ0v) is 17.8. The fourth-order valence-corrected chi connectivity index (χ4v) is 3.54. The summed E-state index contributed by atoms with van der Waals surface area (Å²) in [7, 11) is 2.43. The van der Waals surface area contributed by atoms with Gasteiger partial charge in [0.2, 0.25) is 0 Å². The first-order chi connectivity index (χ1) is 13.4. The number of ether oxygens (including phenoxy) is 2. The van der Waals surface area contributed by atoms with Crippen LogP contribution in [-0.4, -0.2) is 35.9 Å². The second kappa shape index (κ2) is 8.34. The Hall–Kier alpha value is -2.35. The Labute approximate surface area is 179 Å². The van der Waals surface area contributed by atoms with E-state index in [9.17, 15) is 9.59 Å². The van der Waals surface area contributed by atoms with E-state index < -0.39 is 11.9 Å². The highest BCUT2D eigenvalue weighted by molar-refractivity contribution is 9.10. The van der Waals surface area contributed by atoms with Crippen molar-refractivity contribution in [3.8, 4) is 16.9 Å². The van der Waals surface area contributed by atoms with E-state index in [1.807, 2.05) is 6.07 Å². The molecule has 2 aromatic carbocycles. The molecule has 0 saturated heterocycles. The third-order valence-electron chi connectivity index (χ3n) is 3.92. The summed E-state index contributed by atoms with van der Waals surface area (Å²) in [6, 6.07) is 12.0. The lowest BCUT2D eigenvalue weighted by Crippen LogP contribution is -2.15. The van der Waals surface area contributed by atoms with Crippen LogP contribution in [0, 0.1) is 0 Å². The summed E-state index contributed by atoms with van der Waals surface area (Å²) in [6.07, 6.45) is 0. The van der Waals surface area contributed by atoms with E-state index in [4.69, 9.17) is 32.7 Å². The first-order valence-corrected chi connectivity index (χ1v) is 9.44. The van der Waals surface area contributed by atoms with Gasteiger partial charge in [0.05, 0.1) is 30.0 Å². The zero-order chi connectivity index (χ0) is 20.4. The van der Waals surface area contributed by atoms with Gasteiger partial charge in [-0.15, -0.1) is 0 Å². The van der Waals surface area contributed by atoms with E-state index in [2.05, 4.69) is 21.0 Å². The molecule has 0 atom stereocenters. The monoisotopic (exact) mass is 482 g/mol. The fourth-order valence-electron chi connectivity index (χ4n) is 2.65. The van der Waals surface area contributed by atoms with Crippen molar-refractivity contribution in [2.75, 3.05) is 14.2 Å². The van der Waals surface area contributed by atoms with Gasteiger partial charge in [-0.3, -0.25) is 0 Å². The number of nitrogens with zero attached hydrogens (tertiary/aromatic N) is 2. The topological polar surface area (TPSA) is 70.4 Å². The minimum absolute atomic E-state index is 0.0708. The van der Waals surface area contributed by atoms with Gasteiger partial charge >= 0.3 is 11.9 Å². The van der Waals surface area contributed by atoms with Crippen molar-refractivity contribution < 1.29 is 19.1 Å². The fraction of sp³-hybridized carbons (Fsp3) is 0.105. The van der Waals surface area contributed by atoms with Gasteiger partial charge in [0.25, 0.3) is 0 Å². The van der Waals surface area contributed by atoms with E-state index in [1.54, 1.807) is 36.4 Å². The number of methoxy groups -OCH3 is 2. The van der Waals surface area contributed by atoms with Crippen molar-refractivity contribution >= 4 is 51.1 Å². The van der Waals surface area contributed by atoms with Gasteiger partial charge in [-0.2, -0.15) is 5.10 Å². The molecule has 3 aromatic rings. The first kappa shape index (κ1) is 20.4. The SMILES string of the molecule is COC(=O)c1c(-c2cc(Cl)c(Br)cc2Cl)nn(-c2ccccc2)c1C(=O)OC. The van der Waals surface area contributed by atoms with Crippen LogP contribution in [0.4, 0.5) is 0 Å². The Morgan fingerprint density at radius 3 is 2.25 bits per heavy atom. The number of carbonyl (C=O) groups is 2. The Kier molecular flexibility index (Phi) is 6.07. The molecule has 0 aliphatic heterocycles. The van der Waals surface area contributed by atoms with E-state index >= 15 is 0 Å². The summed E-state index contributed by atoms with van der Waals surface area (Å²) in [4.78, 5) is 25.1. The third-order valence-corrected chi connectivity index (χ3v) is 5.43. The van der Waals surface area contributed by atoms with Crippen LogP contribution in [0.1, 0.15) is 20.8 Å². The molecule has 0 bridgehead atoms. The van der Waals surface area contributed by atoms with Crippen molar-refractivity contribution in [1.82, 2.24) is 9.78 Å². The van der Waals surface area contributed by atoms with Crippen molar-refractivity contribution in [1.29, 1.82) is 0 Å². The average Bonchev–Trinajstić information content (AvgIpc) is 3.10. The van der Waals surface area contributed by atoms with Crippen LogP contribution in [-0.2, 0) is 9.47 Å². The highest BCUT2D eigenvalue weighted by Crippen LogP contribution is 2.38.